The van der Waals surface area contributed by atoms with E-state index in [9.17, 15) is 4.79 Å². The van der Waals surface area contributed by atoms with Crippen LogP contribution in [0.5, 0.6) is 0 Å². The fourth-order valence-electron chi connectivity index (χ4n) is 1.58. The summed E-state index contributed by atoms with van der Waals surface area (Å²) in [5.41, 5.74) is 0. The number of carbonyl (C=O) groups excluding carboxylic acids is 1. The second-order valence-electron chi connectivity index (χ2n) is 3.39. The zero-order valence-corrected chi connectivity index (χ0v) is 8.65. The molecule has 1 fully saturated rings. The topological polar surface area (TPSA) is 43.8 Å². The maximum Gasteiger partial charge on any atom is 0.246 e. The van der Waals surface area contributed by atoms with Crippen molar-refractivity contribution in [3.63, 3.8) is 0 Å². The molecule has 0 aromatic carbocycles. The van der Waals surface area contributed by atoms with E-state index >= 15 is 0 Å². The molecule has 1 heterocycles. The van der Waals surface area contributed by atoms with E-state index in [4.69, 9.17) is 5.11 Å². The van der Waals surface area contributed by atoms with E-state index in [2.05, 4.69) is 4.90 Å². The molecule has 1 N–H and O–H groups in total. The Bertz CT molecular complexity index is 208. The van der Waals surface area contributed by atoms with Gasteiger partial charge in [-0.1, -0.05) is 6.08 Å². The summed E-state index contributed by atoms with van der Waals surface area (Å²) in [4.78, 5) is 15.4. The number of amides is 1. The van der Waals surface area contributed by atoms with Gasteiger partial charge in [-0.05, 0) is 13.0 Å². The molecule has 0 radical (unpaired) electrons. The number of carbonyl (C=O) groups is 1. The Hall–Kier alpha value is -0.870. The number of allylic oxidation sites excluding steroid dienone is 1. The van der Waals surface area contributed by atoms with Crippen molar-refractivity contribution >= 4 is 5.91 Å². The predicted octanol–water partition coefficient (Wildman–Crippen LogP) is -0.301. The van der Waals surface area contributed by atoms with Crippen LogP contribution in [0.4, 0.5) is 0 Å². The average Bonchev–Trinajstić information content (AvgIpc) is 2.20. The Morgan fingerprint density at radius 1 is 1.36 bits per heavy atom. The van der Waals surface area contributed by atoms with E-state index in [0.29, 0.717) is 6.54 Å². The Morgan fingerprint density at radius 2 is 2.00 bits per heavy atom. The van der Waals surface area contributed by atoms with Gasteiger partial charge in [0.05, 0.1) is 6.61 Å². The zero-order valence-electron chi connectivity index (χ0n) is 8.65. The minimum absolute atomic E-state index is 0.0937. The van der Waals surface area contributed by atoms with Crippen molar-refractivity contribution < 1.29 is 9.90 Å². The number of β-amino-alcohol motifs (C(OH)–C–C–N with tert-alkyl or cyclic N) is 1. The summed E-state index contributed by atoms with van der Waals surface area (Å²) >= 11 is 0. The first-order valence-corrected chi connectivity index (χ1v) is 5.02. The molecule has 1 amide bonds. The molecule has 0 spiro atoms. The SMILES string of the molecule is C/C=C/C(=O)N1CCN(CCO)CC1. The lowest BCUT2D eigenvalue weighted by molar-refractivity contribution is -0.127. The molecular formula is C10H18N2O2. The van der Waals surface area contributed by atoms with Gasteiger partial charge in [0, 0.05) is 32.7 Å². The molecule has 80 valence electrons. The van der Waals surface area contributed by atoms with Crippen molar-refractivity contribution in [1.29, 1.82) is 0 Å². The van der Waals surface area contributed by atoms with E-state index in [0.717, 1.165) is 26.2 Å². The molecule has 0 unspecified atom stereocenters. The summed E-state index contributed by atoms with van der Waals surface area (Å²) in [7, 11) is 0. The molecular weight excluding hydrogens is 180 g/mol. The van der Waals surface area contributed by atoms with Crippen LogP contribution in [-0.2, 0) is 4.79 Å². The lowest BCUT2D eigenvalue weighted by atomic mass is 10.3. The summed E-state index contributed by atoms with van der Waals surface area (Å²) in [6, 6.07) is 0. The molecule has 4 nitrogen and oxygen atoms in total. The number of aliphatic hydroxyl groups is 1. The molecule has 0 aliphatic carbocycles. The first-order valence-electron chi connectivity index (χ1n) is 5.02. The van der Waals surface area contributed by atoms with Gasteiger partial charge >= 0.3 is 0 Å². The van der Waals surface area contributed by atoms with Gasteiger partial charge < -0.3 is 10.0 Å². The van der Waals surface area contributed by atoms with Crippen LogP contribution >= 0.6 is 0 Å². The molecule has 0 bridgehead atoms. The molecule has 14 heavy (non-hydrogen) atoms. The maximum atomic E-state index is 11.4. The molecule has 0 saturated carbocycles. The van der Waals surface area contributed by atoms with Crippen LogP contribution in [0.1, 0.15) is 6.92 Å². The van der Waals surface area contributed by atoms with Crippen molar-refractivity contribution in [1.82, 2.24) is 9.80 Å². The summed E-state index contributed by atoms with van der Waals surface area (Å²) in [5, 5.41) is 8.74. The third kappa shape index (κ3) is 3.12. The van der Waals surface area contributed by atoms with Gasteiger partial charge in [0.1, 0.15) is 0 Å². The van der Waals surface area contributed by atoms with E-state index in [1.807, 2.05) is 11.8 Å². The quantitative estimate of drug-likeness (QED) is 0.633. The minimum Gasteiger partial charge on any atom is -0.395 e. The van der Waals surface area contributed by atoms with Gasteiger partial charge in [-0.2, -0.15) is 0 Å². The molecule has 1 aliphatic rings. The standard InChI is InChI=1S/C10H18N2O2/c1-2-3-10(14)12-6-4-11(5-7-12)8-9-13/h2-3,13H,4-9H2,1H3/b3-2+. The number of hydrogen-bond donors (Lipinski definition) is 1. The molecule has 1 saturated heterocycles. The van der Waals surface area contributed by atoms with E-state index in [1.54, 1.807) is 12.2 Å². The number of rotatable bonds is 3. The lowest BCUT2D eigenvalue weighted by Gasteiger charge is -2.33. The smallest absolute Gasteiger partial charge is 0.246 e. The number of aliphatic hydroxyl groups excluding tert-OH is 1. The summed E-state index contributed by atoms with van der Waals surface area (Å²) < 4.78 is 0. The highest BCUT2D eigenvalue weighted by Gasteiger charge is 2.18. The number of piperazine rings is 1. The van der Waals surface area contributed by atoms with Gasteiger partial charge in [0.2, 0.25) is 5.91 Å². The molecule has 1 aliphatic heterocycles. The average molecular weight is 198 g/mol. The Morgan fingerprint density at radius 3 is 2.50 bits per heavy atom. The third-order valence-corrected chi connectivity index (χ3v) is 2.41. The van der Waals surface area contributed by atoms with Crippen LogP contribution in [-0.4, -0.2) is 60.1 Å². The Balaban J connectivity index is 2.31. The van der Waals surface area contributed by atoms with Crippen LogP contribution in [0.15, 0.2) is 12.2 Å². The van der Waals surface area contributed by atoms with Crippen LogP contribution in [0.2, 0.25) is 0 Å². The fraction of sp³-hybridized carbons (Fsp3) is 0.700. The first-order chi connectivity index (χ1) is 6.77. The molecule has 0 atom stereocenters. The van der Waals surface area contributed by atoms with Crippen molar-refractivity contribution in [3.8, 4) is 0 Å². The largest absolute Gasteiger partial charge is 0.395 e. The van der Waals surface area contributed by atoms with E-state index in [1.165, 1.54) is 0 Å². The predicted molar refractivity (Wildman–Crippen MR) is 54.9 cm³/mol. The van der Waals surface area contributed by atoms with Crippen LogP contribution in [0.3, 0.4) is 0 Å². The normalized spacial score (nSPS) is 19.1. The highest BCUT2D eigenvalue weighted by molar-refractivity contribution is 5.87. The van der Waals surface area contributed by atoms with Crippen molar-refractivity contribution in [2.45, 2.75) is 6.92 Å². The fourth-order valence-corrected chi connectivity index (χ4v) is 1.58. The minimum atomic E-state index is 0.0937. The second kappa shape index (κ2) is 5.78. The monoisotopic (exact) mass is 198 g/mol. The van der Waals surface area contributed by atoms with Crippen LogP contribution in [0, 0.1) is 0 Å². The van der Waals surface area contributed by atoms with E-state index < -0.39 is 0 Å². The van der Waals surface area contributed by atoms with Crippen molar-refractivity contribution in [2.24, 2.45) is 0 Å². The van der Waals surface area contributed by atoms with Gasteiger partial charge in [-0.25, -0.2) is 0 Å². The Labute approximate surface area is 84.8 Å². The highest BCUT2D eigenvalue weighted by Crippen LogP contribution is 2.01. The number of nitrogens with zero attached hydrogens (tertiary/aromatic N) is 2. The first kappa shape index (κ1) is 11.2. The molecule has 4 heteroatoms. The van der Waals surface area contributed by atoms with Crippen LogP contribution < -0.4 is 0 Å². The molecule has 0 aromatic rings. The maximum absolute atomic E-state index is 11.4. The van der Waals surface area contributed by atoms with Crippen molar-refractivity contribution in [3.05, 3.63) is 12.2 Å². The lowest BCUT2D eigenvalue weighted by Crippen LogP contribution is -2.48. The zero-order chi connectivity index (χ0) is 10.4. The summed E-state index contributed by atoms with van der Waals surface area (Å²) in [6.07, 6.45) is 3.37. The third-order valence-electron chi connectivity index (χ3n) is 2.41. The van der Waals surface area contributed by atoms with Crippen LogP contribution in [0.25, 0.3) is 0 Å². The van der Waals surface area contributed by atoms with Gasteiger partial charge in [0.25, 0.3) is 0 Å². The highest BCUT2D eigenvalue weighted by atomic mass is 16.3. The Kier molecular flexibility index (Phi) is 4.62. The summed E-state index contributed by atoms with van der Waals surface area (Å²) in [5.74, 6) is 0.0937. The summed E-state index contributed by atoms with van der Waals surface area (Å²) in [6.45, 7) is 6.02. The van der Waals surface area contributed by atoms with E-state index in [-0.39, 0.29) is 12.5 Å². The van der Waals surface area contributed by atoms with Gasteiger partial charge in [0.15, 0.2) is 0 Å². The van der Waals surface area contributed by atoms with Gasteiger partial charge in [-0.15, -0.1) is 0 Å². The number of hydrogen-bond acceptors (Lipinski definition) is 3. The van der Waals surface area contributed by atoms with Crippen molar-refractivity contribution in [2.75, 3.05) is 39.3 Å². The molecule has 0 aromatic heterocycles. The second-order valence-corrected chi connectivity index (χ2v) is 3.39. The molecule has 1 rings (SSSR count). The van der Waals surface area contributed by atoms with Gasteiger partial charge in [-0.3, -0.25) is 9.69 Å².